The number of hydrogen-bond donors (Lipinski definition) is 1. The van der Waals surface area contributed by atoms with Crippen LogP contribution in [0.2, 0.25) is 0 Å². The summed E-state index contributed by atoms with van der Waals surface area (Å²) in [5.74, 6) is 0.975. The average Bonchev–Trinajstić information content (AvgIpc) is 2.60. The van der Waals surface area contributed by atoms with Gasteiger partial charge >= 0.3 is 6.03 Å². The van der Waals surface area contributed by atoms with E-state index in [-0.39, 0.29) is 17.5 Å². The van der Waals surface area contributed by atoms with E-state index >= 15 is 0 Å². The number of likely N-dealkylation sites (tertiary alicyclic amines) is 1. The zero-order valence-corrected chi connectivity index (χ0v) is 16.0. The van der Waals surface area contributed by atoms with Crippen molar-refractivity contribution in [1.82, 2.24) is 14.9 Å². The van der Waals surface area contributed by atoms with Gasteiger partial charge in [-0.1, -0.05) is 36.8 Å². The van der Waals surface area contributed by atoms with Crippen LogP contribution < -0.4 is 15.0 Å². The molecule has 2 heterocycles. The Bertz CT molecular complexity index is 836. The van der Waals surface area contributed by atoms with E-state index in [0.717, 1.165) is 6.54 Å². The van der Waals surface area contributed by atoms with E-state index in [1.165, 1.54) is 38.3 Å². The molecule has 142 valence electrons. The lowest BCUT2D eigenvalue weighted by atomic mass is 9.56. The van der Waals surface area contributed by atoms with E-state index in [1.807, 2.05) is 42.1 Å². The van der Waals surface area contributed by atoms with Crippen molar-refractivity contribution < 1.29 is 9.53 Å². The minimum atomic E-state index is -0.141. The molecule has 0 radical (unpaired) electrons. The van der Waals surface area contributed by atoms with Gasteiger partial charge in [-0.25, -0.2) is 9.78 Å². The van der Waals surface area contributed by atoms with Crippen molar-refractivity contribution in [2.75, 3.05) is 38.0 Å². The molecule has 1 spiro atoms. The summed E-state index contributed by atoms with van der Waals surface area (Å²) in [6.07, 6.45) is 5.03. The Morgan fingerprint density at radius 1 is 1.26 bits per heavy atom. The molecule has 4 rings (SSSR count). The van der Waals surface area contributed by atoms with Gasteiger partial charge in [0.15, 0.2) is 5.82 Å². The molecule has 27 heavy (non-hydrogen) atoms. The minimum Gasteiger partial charge on any atom is -0.479 e. The Kier molecular flexibility index (Phi) is 4.37. The molecule has 1 aliphatic carbocycles. The highest BCUT2D eigenvalue weighted by Crippen LogP contribution is 2.60. The number of nitrogens with one attached hydrogen (secondary N) is 1. The third-order valence-electron chi connectivity index (χ3n) is 5.74. The van der Waals surface area contributed by atoms with E-state index in [9.17, 15) is 4.79 Å². The third kappa shape index (κ3) is 2.87. The summed E-state index contributed by atoms with van der Waals surface area (Å²) in [6, 6.07) is 10.3. The van der Waals surface area contributed by atoms with Crippen LogP contribution in [-0.2, 0) is 0 Å². The number of urea groups is 1. The largest absolute Gasteiger partial charge is 0.479 e. The number of rotatable bonds is 4. The van der Waals surface area contributed by atoms with E-state index in [0.29, 0.717) is 17.4 Å². The first-order chi connectivity index (χ1) is 13.1. The predicted molar refractivity (Wildman–Crippen MR) is 104 cm³/mol. The molecule has 0 bridgehead atoms. The molecule has 2 fully saturated rings. The second kappa shape index (κ2) is 6.72. The smallest absolute Gasteiger partial charge is 0.322 e. The summed E-state index contributed by atoms with van der Waals surface area (Å²) in [6.45, 7) is 0.783. The van der Waals surface area contributed by atoms with E-state index in [1.54, 1.807) is 0 Å². The maximum atomic E-state index is 13.1. The van der Waals surface area contributed by atoms with Gasteiger partial charge in [0, 0.05) is 26.1 Å². The van der Waals surface area contributed by atoms with Gasteiger partial charge < -0.3 is 14.5 Å². The molecule has 1 atom stereocenters. The summed E-state index contributed by atoms with van der Waals surface area (Å²) < 4.78 is 5.34. The van der Waals surface area contributed by atoms with Gasteiger partial charge in [-0.05, 0) is 18.4 Å². The highest BCUT2D eigenvalue weighted by molar-refractivity contribution is 5.95. The standard InChI is InChI=1S/C20H25N5O2/c1-24(2)17-15(18(27-3)22-13-21-17)23-19(26)25-12-20(10-7-11-20)16(25)14-8-5-4-6-9-14/h4-6,8-9,13,16H,7,10-12H2,1-3H3,(H,23,26). The molecule has 1 aliphatic heterocycles. The van der Waals surface area contributed by atoms with Gasteiger partial charge in [0.25, 0.3) is 0 Å². The van der Waals surface area contributed by atoms with Crippen molar-refractivity contribution in [3.8, 4) is 5.88 Å². The summed E-state index contributed by atoms with van der Waals surface area (Å²) in [5, 5.41) is 2.99. The van der Waals surface area contributed by atoms with Crippen LogP contribution in [0.4, 0.5) is 16.3 Å². The quantitative estimate of drug-likeness (QED) is 0.898. The summed E-state index contributed by atoms with van der Waals surface area (Å²) in [7, 11) is 5.28. The van der Waals surface area contributed by atoms with Crippen molar-refractivity contribution in [3.63, 3.8) is 0 Å². The Hall–Kier alpha value is -2.83. The molecule has 7 nitrogen and oxygen atoms in total. The second-order valence-electron chi connectivity index (χ2n) is 7.56. The van der Waals surface area contributed by atoms with Gasteiger partial charge in [-0.15, -0.1) is 0 Å². The molecule has 2 aliphatic rings. The van der Waals surface area contributed by atoms with E-state index < -0.39 is 0 Å². The monoisotopic (exact) mass is 367 g/mol. The third-order valence-corrected chi connectivity index (χ3v) is 5.74. The number of carbonyl (C=O) groups excluding carboxylic acids is 1. The molecule has 1 N–H and O–H groups in total. The van der Waals surface area contributed by atoms with E-state index in [4.69, 9.17) is 4.74 Å². The molecule has 7 heteroatoms. The molecule has 2 aromatic rings. The number of amides is 2. The Balaban J connectivity index is 1.61. The van der Waals surface area contributed by atoms with Gasteiger partial charge in [0.2, 0.25) is 5.88 Å². The molecule has 1 aromatic carbocycles. The average molecular weight is 367 g/mol. The normalized spacial score (nSPS) is 19.8. The van der Waals surface area contributed by atoms with Crippen LogP contribution in [-0.4, -0.2) is 48.6 Å². The molecule has 1 saturated heterocycles. The van der Waals surface area contributed by atoms with Crippen LogP contribution in [0.1, 0.15) is 30.9 Å². The maximum absolute atomic E-state index is 13.1. The lowest BCUT2D eigenvalue weighted by molar-refractivity contribution is -0.0970. The van der Waals surface area contributed by atoms with Crippen molar-refractivity contribution >= 4 is 17.5 Å². The van der Waals surface area contributed by atoms with Crippen LogP contribution in [0.25, 0.3) is 0 Å². The lowest BCUT2D eigenvalue weighted by Gasteiger charge is -2.62. The fraction of sp³-hybridized carbons (Fsp3) is 0.450. The first-order valence-corrected chi connectivity index (χ1v) is 9.24. The Morgan fingerprint density at radius 3 is 2.59 bits per heavy atom. The van der Waals surface area contributed by atoms with Crippen LogP contribution in [0.3, 0.4) is 0 Å². The molecule has 1 aromatic heterocycles. The number of ether oxygens (including phenoxy) is 1. The summed E-state index contributed by atoms with van der Waals surface area (Å²) in [5.41, 5.74) is 1.93. The minimum absolute atomic E-state index is 0.117. The first-order valence-electron chi connectivity index (χ1n) is 9.24. The van der Waals surface area contributed by atoms with Crippen molar-refractivity contribution in [2.24, 2.45) is 5.41 Å². The topological polar surface area (TPSA) is 70.6 Å². The molecular formula is C20H25N5O2. The highest BCUT2D eigenvalue weighted by Gasteiger charge is 2.58. The van der Waals surface area contributed by atoms with Crippen molar-refractivity contribution in [2.45, 2.75) is 25.3 Å². The Morgan fingerprint density at radius 2 is 2.00 bits per heavy atom. The first kappa shape index (κ1) is 17.6. The zero-order chi connectivity index (χ0) is 19.0. The lowest BCUT2D eigenvalue weighted by Crippen LogP contribution is -2.64. The molecule has 1 unspecified atom stereocenters. The number of aromatic nitrogens is 2. The number of carbonyl (C=O) groups is 1. The highest BCUT2D eigenvalue weighted by atomic mass is 16.5. The van der Waals surface area contributed by atoms with Gasteiger partial charge in [-0.3, -0.25) is 5.32 Å². The fourth-order valence-electron chi connectivity index (χ4n) is 4.30. The Labute approximate surface area is 159 Å². The van der Waals surface area contributed by atoms with Gasteiger partial charge in [0.1, 0.15) is 12.0 Å². The van der Waals surface area contributed by atoms with Crippen molar-refractivity contribution in [1.29, 1.82) is 0 Å². The van der Waals surface area contributed by atoms with Gasteiger partial charge in [-0.2, -0.15) is 4.98 Å². The number of nitrogens with zero attached hydrogens (tertiary/aromatic N) is 4. The van der Waals surface area contributed by atoms with Gasteiger partial charge in [0.05, 0.1) is 13.2 Å². The predicted octanol–water partition coefficient (Wildman–Crippen LogP) is 3.31. The van der Waals surface area contributed by atoms with Crippen molar-refractivity contribution in [3.05, 3.63) is 42.2 Å². The van der Waals surface area contributed by atoms with Crippen LogP contribution >= 0.6 is 0 Å². The summed E-state index contributed by atoms with van der Waals surface area (Å²) in [4.78, 5) is 25.3. The number of benzene rings is 1. The van der Waals surface area contributed by atoms with Crippen LogP contribution in [0, 0.1) is 5.41 Å². The fourth-order valence-corrected chi connectivity index (χ4v) is 4.30. The molecule has 1 saturated carbocycles. The van der Waals surface area contributed by atoms with Crippen LogP contribution in [0.15, 0.2) is 36.7 Å². The summed E-state index contributed by atoms with van der Waals surface area (Å²) >= 11 is 0. The molecular weight excluding hydrogens is 342 g/mol. The zero-order valence-electron chi connectivity index (χ0n) is 16.0. The number of methoxy groups -OCH3 is 1. The number of hydrogen-bond acceptors (Lipinski definition) is 5. The van der Waals surface area contributed by atoms with Crippen LogP contribution in [0.5, 0.6) is 5.88 Å². The molecule has 2 amide bonds. The maximum Gasteiger partial charge on any atom is 0.322 e. The SMILES string of the molecule is COc1ncnc(N(C)C)c1NC(=O)N1CC2(CCC2)C1c1ccccc1. The number of anilines is 2. The second-order valence-corrected chi connectivity index (χ2v) is 7.56. The van der Waals surface area contributed by atoms with E-state index in [2.05, 4.69) is 27.4 Å².